The first-order chi connectivity index (χ1) is 13.6. The fourth-order valence-electron chi connectivity index (χ4n) is 4.28. The largest absolute Gasteiger partial charge is 0.342 e. The Morgan fingerprint density at radius 3 is 2.61 bits per heavy atom. The van der Waals surface area contributed by atoms with E-state index in [1.165, 1.54) is 10.9 Å². The van der Waals surface area contributed by atoms with Crippen LogP contribution in [0.4, 0.5) is 0 Å². The third kappa shape index (κ3) is 4.23. The van der Waals surface area contributed by atoms with Crippen molar-refractivity contribution in [3.8, 4) is 0 Å². The lowest BCUT2D eigenvalue weighted by atomic mass is 9.98. The topological polar surface area (TPSA) is 45.6 Å². The zero-order valence-electron chi connectivity index (χ0n) is 17.5. The van der Waals surface area contributed by atoms with Crippen LogP contribution >= 0.6 is 0 Å². The highest BCUT2D eigenvalue weighted by atomic mass is 16.2. The summed E-state index contributed by atoms with van der Waals surface area (Å²) in [7, 11) is 0. The van der Waals surface area contributed by atoms with Gasteiger partial charge in [-0.2, -0.15) is 0 Å². The summed E-state index contributed by atoms with van der Waals surface area (Å²) in [5.74, 6) is 0.783. The Balaban J connectivity index is 1.81. The molecule has 0 N–H and O–H groups in total. The molecule has 5 nitrogen and oxygen atoms in total. The molecule has 0 aliphatic carbocycles. The van der Waals surface area contributed by atoms with Crippen molar-refractivity contribution in [3.63, 3.8) is 0 Å². The standard InChI is InChI=1S/C23H33N3O2/c1-4-7-12-22(27)25-14-13-18(15-25)20-16-26(17-23(28)24(5-2)6-3)21-11-9-8-10-19(20)21/h8-11,16,18H,4-7,12-15,17H2,1-3H3. The number of likely N-dealkylation sites (tertiary alicyclic amines) is 1. The fraction of sp³-hybridized carbons (Fsp3) is 0.565. The first kappa shape index (κ1) is 20.4. The average molecular weight is 384 g/mol. The van der Waals surface area contributed by atoms with Gasteiger partial charge in [-0.1, -0.05) is 31.5 Å². The van der Waals surface area contributed by atoms with Crippen molar-refractivity contribution >= 4 is 22.7 Å². The van der Waals surface area contributed by atoms with E-state index in [-0.39, 0.29) is 11.8 Å². The van der Waals surface area contributed by atoms with Gasteiger partial charge in [0.2, 0.25) is 11.8 Å². The van der Waals surface area contributed by atoms with E-state index in [1.54, 1.807) is 0 Å². The van der Waals surface area contributed by atoms with Gasteiger partial charge in [0.05, 0.1) is 0 Å². The van der Waals surface area contributed by atoms with Crippen molar-refractivity contribution in [1.29, 1.82) is 0 Å². The molecule has 0 spiro atoms. The summed E-state index contributed by atoms with van der Waals surface area (Å²) < 4.78 is 2.09. The summed E-state index contributed by atoms with van der Waals surface area (Å²) in [5, 5.41) is 1.21. The van der Waals surface area contributed by atoms with Crippen LogP contribution in [0.15, 0.2) is 30.5 Å². The van der Waals surface area contributed by atoms with E-state index in [9.17, 15) is 9.59 Å². The van der Waals surface area contributed by atoms with Crippen molar-refractivity contribution in [2.24, 2.45) is 0 Å². The van der Waals surface area contributed by atoms with Gasteiger partial charge in [-0.15, -0.1) is 0 Å². The highest BCUT2D eigenvalue weighted by molar-refractivity contribution is 5.87. The van der Waals surface area contributed by atoms with Crippen molar-refractivity contribution in [2.75, 3.05) is 26.2 Å². The molecule has 2 aromatic rings. The Labute approximate surface area is 168 Å². The first-order valence-corrected chi connectivity index (χ1v) is 10.7. The van der Waals surface area contributed by atoms with Crippen molar-refractivity contribution in [1.82, 2.24) is 14.4 Å². The van der Waals surface area contributed by atoms with Gasteiger partial charge in [0.25, 0.3) is 0 Å². The molecule has 2 amide bonds. The molecule has 1 aromatic heterocycles. The molecular weight excluding hydrogens is 350 g/mol. The maximum Gasteiger partial charge on any atom is 0.242 e. The van der Waals surface area contributed by atoms with Gasteiger partial charge in [-0.25, -0.2) is 0 Å². The zero-order chi connectivity index (χ0) is 20.1. The molecule has 0 bridgehead atoms. The van der Waals surface area contributed by atoms with Crippen LogP contribution in [0.1, 0.15) is 57.9 Å². The van der Waals surface area contributed by atoms with Crippen molar-refractivity contribution in [2.45, 2.75) is 58.9 Å². The third-order valence-corrected chi connectivity index (χ3v) is 5.97. The monoisotopic (exact) mass is 383 g/mol. The van der Waals surface area contributed by atoms with Crippen LogP contribution in [-0.2, 0) is 16.1 Å². The number of para-hydroxylation sites is 1. The number of likely N-dealkylation sites (N-methyl/N-ethyl adjacent to an activating group) is 1. The third-order valence-electron chi connectivity index (χ3n) is 5.97. The van der Waals surface area contributed by atoms with Crippen molar-refractivity contribution in [3.05, 3.63) is 36.0 Å². The van der Waals surface area contributed by atoms with Crippen LogP contribution < -0.4 is 0 Å². The van der Waals surface area contributed by atoms with E-state index >= 15 is 0 Å². The molecular formula is C23H33N3O2. The van der Waals surface area contributed by atoms with E-state index in [4.69, 9.17) is 0 Å². The molecule has 5 heteroatoms. The minimum Gasteiger partial charge on any atom is -0.342 e. The van der Waals surface area contributed by atoms with Gasteiger partial charge in [0.15, 0.2) is 0 Å². The van der Waals surface area contributed by atoms with E-state index in [0.717, 1.165) is 51.0 Å². The van der Waals surface area contributed by atoms with Crippen LogP contribution in [0, 0.1) is 0 Å². The number of carbonyl (C=O) groups excluding carboxylic acids is 2. The Morgan fingerprint density at radius 2 is 1.89 bits per heavy atom. The summed E-state index contributed by atoms with van der Waals surface area (Å²) in [6, 6.07) is 8.32. The molecule has 1 saturated heterocycles. The summed E-state index contributed by atoms with van der Waals surface area (Å²) in [6.07, 6.45) is 5.82. The maximum absolute atomic E-state index is 12.6. The lowest BCUT2D eigenvalue weighted by Crippen LogP contribution is -2.33. The Hall–Kier alpha value is -2.30. The van der Waals surface area contributed by atoms with Gasteiger partial charge in [0.1, 0.15) is 6.54 Å². The number of nitrogens with zero attached hydrogens (tertiary/aromatic N) is 3. The molecule has 2 heterocycles. The second kappa shape index (κ2) is 9.26. The van der Waals surface area contributed by atoms with E-state index in [0.29, 0.717) is 18.9 Å². The molecule has 3 rings (SSSR count). The van der Waals surface area contributed by atoms with Gasteiger partial charge in [-0.05, 0) is 38.3 Å². The summed E-state index contributed by atoms with van der Waals surface area (Å²) >= 11 is 0. The lowest BCUT2D eigenvalue weighted by molar-refractivity contribution is -0.131. The number of amides is 2. The minimum atomic E-state index is 0.153. The van der Waals surface area contributed by atoms with Crippen LogP contribution in [0.25, 0.3) is 10.9 Å². The Kier molecular flexibility index (Phi) is 6.76. The Bertz CT molecular complexity index is 822. The molecule has 0 saturated carbocycles. The fourth-order valence-corrected chi connectivity index (χ4v) is 4.28. The number of hydrogen-bond acceptors (Lipinski definition) is 2. The number of aromatic nitrogens is 1. The molecule has 0 radical (unpaired) electrons. The van der Waals surface area contributed by atoms with Crippen LogP contribution in [0.5, 0.6) is 0 Å². The van der Waals surface area contributed by atoms with Crippen molar-refractivity contribution < 1.29 is 9.59 Å². The molecule has 1 aromatic carbocycles. The second-order valence-corrected chi connectivity index (χ2v) is 7.72. The molecule has 1 unspecified atom stereocenters. The normalized spacial score (nSPS) is 16.7. The number of fused-ring (bicyclic) bond motifs is 1. The van der Waals surface area contributed by atoms with Gasteiger partial charge in [0, 0.05) is 55.6 Å². The smallest absolute Gasteiger partial charge is 0.242 e. The molecule has 1 aliphatic heterocycles. The van der Waals surface area contributed by atoms with Crippen LogP contribution in [0.3, 0.4) is 0 Å². The zero-order valence-corrected chi connectivity index (χ0v) is 17.5. The highest BCUT2D eigenvalue weighted by Crippen LogP contribution is 2.34. The van der Waals surface area contributed by atoms with E-state index < -0.39 is 0 Å². The minimum absolute atomic E-state index is 0.153. The number of hydrogen-bond donors (Lipinski definition) is 0. The number of benzene rings is 1. The van der Waals surface area contributed by atoms with Crippen LogP contribution in [0.2, 0.25) is 0 Å². The van der Waals surface area contributed by atoms with E-state index in [1.807, 2.05) is 29.7 Å². The summed E-state index contributed by atoms with van der Waals surface area (Å²) in [5.41, 5.74) is 2.38. The number of unbranched alkanes of at least 4 members (excludes halogenated alkanes) is 1. The average Bonchev–Trinajstić information content (AvgIpc) is 3.32. The quantitative estimate of drug-likeness (QED) is 0.691. The summed E-state index contributed by atoms with van der Waals surface area (Å²) in [6.45, 7) is 9.62. The first-order valence-electron chi connectivity index (χ1n) is 10.7. The predicted molar refractivity (Wildman–Crippen MR) is 113 cm³/mol. The SMILES string of the molecule is CCCCC(=O)N1CCC(c2cn(CC(=O)N(CC)CC)c3ccccc23)C1. The van der Waals surface area contributed by atoms with E-state index in [2.05, 4.69) is 35.9 Å². The van der Waals surface area contributed by atoms with Gasteiger partial charge in [-0.3, -0.25) is 9.59 Å². The number of rotatable bonds is 8. The Morgan fingerprint density at radius 1 is 1.14 bits per heavy atom. The maximum atomic E-state index is 12.6. The predicted octanol–water partition coefficient (Wildman–Crippen LogP) is 4.02. The lowest BCUT2D eigenvalue weighted by Gasteiger charge is -2.19. The van der Waals surface area contributed by atoms with Crippen LogP contribution in [-0.4, -0.2) is 52.4 Å². The second-order valence-electron chi connectivity index (χ2n) is 7.72. The molecule has 1 aliphatic rings. The van der Waals surface area contributed by atoms with Gasteiger partial charge < -0.3 is 14.4 Å². The molecule has 152 valence electrons. The molecule has 1 fully saturated rings. The molecule has 1 atom stereocenters. The number of carbonyl (C=O) groups is 2. The molecule has 28 heavy (non-hydrogen) atoms. The summed E-state index contributed by atoms with van der Waals surface area (Å²) in [4.78, 5) is 28.9. The van der Waals surface area contributed by atoms with Gasteiger partial charge >= 0.3 is 0 Å². The highest BCUT2D eigenvalue weighted by Gasteiger charge is 2.29.